The summed E-state index contributed by atoms with van der Waals surface area (Å²) in [5.41, 5.74) is 0. The van der Waals surface area contributed by atoms with Gasteiger partial charge in [0.1, 0.15) is 6.17 Å². The third-order valence-corrected chi connectivity index (χ3v) is 2.55. The van der Waals surface area contributed by atoms with Crippen molar-refractivity contribution in [1.82, 2.24) is 0 Å². The first kappa shape index (κ1) is 12.2. The lowest BCUT2D eigenvalue weighted by molar-refractivity contribution is 0.287. The summed E-state index contributed by atoms with van der Waals surface area (Å²) in [4.78, 5) is 0. The van der Waals surface area contributed by atoms with E-state index < -0.39 is 6.17 Å². The Morgan fingerprint density at radius 1 is 1.08 bits per heavy atom. The van der Waals surface area contributed by atoms with Crippen molar-refractivity contribution >= 4 is 11.6 Å². The van der Waals surface area contributed by atoms with Crippen molar-refractivity contribution in [3.63, 3.8) is 0 Å². The van der Waals surface area contributed by atoms with Crippen LogP contribution >= 0.6 is 11.6 Å². The van der Waals surface area contributed by atoms with Crippen LogP contribution < -0.4 is 0 Å². The minimum atomic E-state index is -0.793. The molecule has 0 fully saturated rings. The van der Waals surface area contributed by atoms with Crippen LogP contribution in [0.4, 0.5) is 4.39 Å². The van der Waals surface area contributed by atoms with Crippen LogP contribution in [0.1, 0.15) is 52.4 Å². The SMILES string of the molecule is CCCC[C@@H](F)[C@@H](Cl)CCCC. The van der Waals surface area contributed by atoms with Crippen LogP contribution in [0, 0.1) is 0 Å². The molecule has 0 N–H and O–H groups in total. The molecule has 0 saturated carbocycles. The quantitative estimate of drug-likeness (QED) is 0.530. The largest absolute Gasteiger partial charge is 0.246 e. The van der Waals surface area contributed by atoms with Gasteiger partial charge >= 0.3 is 0 Å². The second-order valence-corrected chi connectivity index (χ2v) is 3.88. The fraction of sp³-hybridized carbons (Fsp3) is 1.00. The molecule has 0 aromatic rings. The number of hydrogen-bond acceptors (Lipinski definition) is 0. The second kappa shape index (κ2) is 7.85. The molecule has 0 saturated heterocycles. The summed E-state index contributed by atoms with van der Waals surface area (Å²) in [6.45, 7) is 4.17. The lowest BCUT2D eigenvalue weighted by Crippen LogP contribution is -2.15. The Morgan fingerprint density at radius 3 is 2.08 bits per heavy atom. The second-order valence-electron chi connectivity index (χ2n) is 3.32. The highest BCUT2D eigenvalue weighted by Gasteiger charge is 2.16. The minimum Gasteiger partial charge on any atom is -0.246 e. The Labute approximate surface area is 80.5 Å². The van der Waals surface area contributed by atoms with Gasteiger partial charge in [0.25, 0.3) is 0 Å². The zero-order chi connectivity index (χ0) is 9.40. The molecule has 2 heteroatoms. The van der Waals surface area contributed by atoms with Crippen molar-refractivity contribution in [1.29, 1.82) is 0 Å². The monoisotopic (exact) mass is 194 g/mol. The standard InChI is InChI=1S/C10H20ClF/c1-3-5-7-9(11)10(12)8-6-4-2/h9-10H,3-8H2,1-2H3/t9-,10+/m0/s1. The fourth-order valence-electron chi connectivity index (χ4n) is 1.16. The Balaban J connectivity index is 3.39. The third-order valence-electron chi connectivity index (χ3n) is 2.06. The zero-order valence-corrected chi connectivity index (χ0v) is 8.91. The molecule has 0 unspecified atom stereocenters. The van der Waals surface area contributed by atoms with E-state index in [0.29, 0.717) is 6.42 Å². The molecule has 0 nitrogen and oxygen atoms in total. The number of halogens is 2. The molecule has 0 bridgehead atoms. The summed E-state index contributed by atoms with van der Waals surface area (Å²) in [5.74, 6) is 0. The normalized spacial score (nSPS) is 16.0. The molecule has 0 amide bonds. The van der Waals surface area contributed by atoms with Crippen molar-refractivity contribution in [2.24, 2.45) is 0 Å². The van der Waals surface area contributed by atoms with Crippen LogP contribution in [-0.2, 0) is 0 Å². The molecular formula is C10H20ClF. The molecule has 0 aromatic heterocycles. The number of unbranched alkanes of at least 4 members (excludes halogenated alkanes) is 2. The van der Waals surface area contributed by atoms with Crippen molar-refractivity contribution in [3.05, 3.63) is 0 Å². The van der Waals surface area contributed by atoms with Crippen LogP contribution in [0.15, 0.2) is 0 Å². The summed E-state index contributed by atoms with van der Waals surface area (Å²) in [5, 5.41) is -0.253. The predicted molar refractivity (Wildman–Crippen MR) is 53.6 cm³/mol. The van der Waals surface area contributed by atoms with Gasteiger partial charge in [-0.3, -0.25) is 0 Å². The van der Waals surface area contributed by atoms with Gasteiger partial charge in [0, 0.05) is 0 Å². The fourth-order valence-corrected chi connectivity index (χ4v) is 1.44. The average Bonchev–Trinajstić information content (AvgIpc) is 2.10. The lowest BCUT2D eigenvalue weighted by atomic mass is 10.1. The van der Waals surface area contributed by atoms with Gasteiger partial charge in [-0.25, -0.2) is 4.39 Å². The van der Waals surface area contributed by atoms with Crippen molar-refractivity contribution in [2.45, 2.75) is 63.9 Å². The molecule has 0 aliphatic carbocycles. The van der Waals surface area contributed by atoms with E-state index in [1.165, 1.54) is 0 Å². The Bertz CT molecular complexity index is 83.8. The van der Waals surface area contributed by atoms with Crippen molar-refractivity contribution in [2.75, 3.05) is 0 Å². The van der Waals surface area contributed by atoms with Gasteiger partial charge in [-0.05, 0) is 12.8 Å². The van der Waals surface area contributed by atoms with Crippen LogP contribution in [0.3, 0.4) is 0 Å². The summed E-state index contributed by atoms with van der Waals surface area (Å²) in [7, 11) is 0. The lowest BCUT2D eigenvalue weighted by Gasteiger charge is -2.13. The van der Waals surface area contributed by atoms with E-state index in [1.807, 2.05) is 0 Å². The minimum absolute atomic E-state index is 0.253. The van der Waals surface area contributed by atoms with E-state index in [4.69, 9.17) is 11.6 Å². The Hall–Kier alpha value is 0.220. The number of alkyl halides is 2. The molecule has 0 aliphatic rings. The zero-order valence-electron chi connectivity index (χ0n) is 8.15. The predicted octanol–water partition coefficient (Wildman–Crippen LogP) is 4.31. The van der Waals surface area contributed by atoms with E-state index in [-0.39, 0.29) is 5.38 Å². The van der Waals surface area contributed by atoms with Gasteiger partial charge in [0.05, 0.1) is 5.38 Å². The highest BCUT2D eigenvalue weighted by Crippen LogP contribution is 2.19. The summed E-state index contributed by atoms with van der Waals surface area (Å²) in [6, 6.07) is 0. The molecule has 0 heterocycles. The van der Waals surface area contributed by atoms with Gasteiger partial charge in [0.2, 0.25) is 0 Å². The molecule has 0 rings (SSSR count). The molecule has 0 radical (unpaired) electrons. The maximum absolute atomic E-state index is 13.2. The molecule has 0 aromatic carbocycles. The first-order valence-electron chi connectivity index (χ1n) is 5.00. The van der Waals surface area contributed by atoms with Crippen LogP contribution in [0.5, 0.6) is 0 Å². The first-order valence-corrected chi connectivity index (χ1v) is 5.44. The van der Waals surface area contributed by atoms with E-state index in [1.54, 1.807) is 0 Å². The van der Waals surface area contributed by atoms with Gasteiger partial charge in [0.15, 0.2) is 0 Å². The Morgan fingerprint density at radius 2 is 1.58 bits per heavy atom. The summed E-state index contributed by atoms with van der Waals surface area (Å²) < 4.78 is 13.2. The van der Waals surface area contributed by atoms with E-state index in [2.05, 4.69) is 13.8 Å². The van der Waals surface area contributed by atoms with Gasteiger partial charge in [-0.2, -0.15) is 0 Å². The van der Waals surface area contributed by atoms with Crippen LogP contribution in [0.25, 0.3) is 0 Å². The highest BCUT2D eigenvalue weighted by atomic mass is 35.5. The first-order chi connectivity index (χ1) is 5.72. The van der Waals surface area contributed by atoms with Crippen molar-refractivity contribution in [3.8, 4) is 0 Å². The smallest absolute Gasteiger partial charge is 0.116 e. The maximum Gasteiger partial charge on any atom is 0.116 e. The van der Waals surface area contributed by atoms with Crippen molar-refractivity contribution < 1.29 is 4.39 Å². The van der Waals surface area contributed by atoms with E-state index >= 15 is 0 Å². The van der Waals surface area contributed by atoms with Gasteiger partial charge in [-0.1, -0.05) is 39.5 Å². The maximum atomic E-state index is 13.2. The highest BCUT2D eigenvalue weighted by molar-refractivity contribution is 6.21. The van der Waals surface area contributed by atoms with Crippen LogP contribution in [-0.4, -0.2) is 11.5 Å². The molecule has 0 spiro atoms. The van der Waals surface area contributed by atoms with E-state index in [0.717, 1.165) is 32.1 Å². The topological polar surface area (TPSA) is 0 Å². The van der Waals surface area contributed by atoms with E-state index in [9.17, 15) is 4.39 Å². The van der Waals surface area contributed by atoms with Gasteiger partial charge in [-0.15, -0.1) is 11.6 Å². The summed E-state index contributed by atoms with van der Waals surface area (Å²) in [6.07, 6.45) is 4.81. The molecule has 74 valence electrons. The van der Waals surface area contributed by atoms with Crippen LogP contribution in [0.2, 0.25) is 0 Å². The molecular weight excluding hydrogens is 175 g/mol. The number of rotatable bonds is 7. The van der Waals surface area contributed by atoms with Gasteiger partial charge < -0.3 is 0 Å². The Kier molecular flexibility index (Phi) is 7.99. The molecule has 2 atom stereocenters. The molecule has 12 heavy (non-hydrogen) atoms. The summed E-state index contributed by atoms with van der Waals surface area (Å²) >= 11 is 5.87. The molecule has 0 aliphatic heterocycles. The third kappa shape index (κ3) is 5.82. The average molecular weight is 195 g/mol. The number of hydrogen-bond donors (Lipinski definition) is 0.